The SMILES string of the molecule is O=S(=O)(c1ccn[nH]1)N1CCCC1CCl. The predicted octanol–water partition coefficient (Wildman–Crippen LogP) is 0.802. The molecule has 1 fully saturated rings. The second kappa shape index (κ2) is 4.11. The Labute approximate surface area is 93.5 Å². The summed E-state index contributed by atoms with van der Waals surface area (Å²) in [5, 5.41) is 6.26. The van der Waals surface area contributed by atoms with Crippen LogP contribution in [0.25, 0.3) is 0 Å². The number of aromatic amines is 1. The number of nitrogens with one attached hydrogen (secondary N) is 1. The third-order valence-electron chi connectivity index (χ3n) is 2.56. The molecule has 1 N–H and O–H groups in total. The highest BCUT2D eigenvalue weighted by molar-refractivity contribution is 7.89. The highest BCUT2D eigenvalue weighted by atomic mass is 35.5. The Morgan fingerprint density at radius 1 is 1.67 bits per heavy atom. The van der Waals surface area contributed by atoms with Crippen LogP contribution >= 0.6 is 11.6 Å². The van der Waals surface area contributed by atoms with E-state index in [1.807, 2.05) is 0 Å². The maximum absolute atomic E-state index is 12.1. The fraction of sp³-hybridized carbons (Fsp3) is 0.625. The number of H-pyrrole nitrogens is 1. The number of aromatic nitrogens is 2. The van der Waals surface area contributed by atoms with Gasteiger partial charge >= 0.3 is 0 Å². The van der Waals surface area contributed by atoms with Crippen molar-refractivity contribution in [1.82, 2.24) is 14.5 Å². The average molecular weight is 250 g/mol. The molecular weight excluding hydrogens is 238 g/mol. The highest BCUT2D eigenvalue weighted by Gasteiger charge is 2.35. The normalized spacial score (nSPS) is 23.4. The third-order valence-corrected chi connectivity index (χ3v) is 4.80. The molecule has 5 nitrogen and oxygen atoms in total. The average Bonchev–Trinajstić information content (AvgIpc) is 2.89. The molecule has 0 aliphatic carbocycles. The first-order chi connectivity index (χ1) is 7.16. The van der Waals surface area contributed by atoms with Crippen LogP contribution in [0.4, 0.5) is 0 Å². The molecule has 84 valence electrons. The number of sulfonamides is 1. The van der Waals surface area contributed by atoms with Gasteiger partial charge in [-0.15, -0.1) is 11.6 Å². The standard InChI is InChI=1S/C8H12ClN3O2S/c9-6-7-2-1-5-12(7)15(13,14)8-3-4-10-11-8/h3-4,7H,1-2,5-6H2,(H,10,11). The van der Waals surface area contributed by atoms with E-state index in [2.05, 4.69) is 10.2 Å². The number of nitrogens with zero attached hydrogens (tertiary/aromatic N) is 2. The lowest BCUT2D eigenvalue weighted by Crippen LogP contribution is -2.36. The van der Waals surface area contributed by atoms with Gasteiger partial charge in [-0.25, -0.2) is 8.42 Å². The van der Waals surface area contributed by atoms with Crippen LogP contribution < -0.4 is 0 Å². The van der Waals surface area contributed by atoms with Crippen LogP contribution in [0.15, 0.2) is 17.3 Å². The van der Waals surface area contributed by atoms with Crippen LogP contribution in [0.1, 0.15) is 12.8 Å². The Balaban J connectivity index is 2.30. The molecule has 0 radical (unpaired) electrons. The minimum Gasteiger partial charge on any atom is -0.266 e. The molecule has 0 saturated carbocycles. The monoisotopic (exact) mass is 249 g/mol. The van der Waals surface area contributed by atoms with E-state index in [9.17, 15) is 8.42 Å². The van der Waals surface area contributed by atoms with Crippen molar-refractivity contribution in [3.8, 4) is 0 Å². The Bertz CT molecular complexity index is 417. The van der Waals surface area contributed by atoms with Gasteiger partial charge in [0.05, 0.1) is 6.20 Å². The lowest BCUT2D eigenvalue weighted by Gasteiger charge is -2.20. The molecule has 1 atom stereocenters. The molecule has 1 aliphatic rings. The van der Waals surface area contributed by atoms with Gasteiger partial charge in [0, 0.05) is 18.5 Å². The van der Waals surface area contributed by atoms with Crippen molar-refractivity contribution in [1.29, 1.82) is 0 Å². The molecule has 0 amide bonds. The van der Waals surface area contributed by atoms with Crippen molar-refractivity contribution >= 4 is 21.6 Å². The van der Waals surface area contributed by atoms with Crippen molar-refractivity contribution < 1.29 is 8.42 Å². The fourth-order valence-electron chi connectivity index (χ4n) is 1.79. The quantitative estimate of drug-likeness (QED) is 0.806. The lowest BCUT2D eigenvalue weighted by atomic mass is 10.3. The number of alkyl halides is 1. The van der Waals surface area contributed by atoms with Crippen molar-refractivity contribution in [2.45, 2.75) is 23.9 Å². The number of hydrogen-bond donors (Lipinski definition) is 1. The summed E-state index contributed by atoms with van der Waals surface area (Å²) in [4.78, 5) is 0. The Morgan fingerprint density at radius 3 is 3.07 bits per heavy atom. The van der Waals surface area contributed by atoms with Gasteiger partial charge in [-0.1, -0.05) is 0 Å². The van der Waals surface area contributed by atoms with Crippen LogP contribution in [0.3, 0.4) is 0 Å². The van der Waals surface area contributed by atoms with Crippen molar-refractivity contribution in [3.05, 3.63) is 12.3 Å². The zero-order valence-corrected chi connectivity index (χ0v) is 9.63. The first kappa shape index (κ1) is 10.9. The summed E-state index contributed by atoms with van der Waals surface area (Å²) in [5.41, 5.74) is 0. The molecule has 7 heteroatoms. The predicted molar refractivity (Wildman–Crippen MR) is 56.2 cm³/mol. The first-order valence-electron chi connectivity index (χ1n) is 4.73. The van der Waals surface area contributed by atoms with E-state index in [4.69, 9.17) is 11.6 Å². The van der Waals surface area contributed by atoms with Gasteiger partial charge in [-0.05, 0) is 18.9 Å². The Kier molecular flexibility index (Phi) is 2.99. The minimum absolute atomic E-state index is 0.0834. The summed E-state index contributed by atoms with van der Waals surface area (Å²) in [6.45, 7) is 0.540. The van der Waals surface area contributed by atoms with E-state index in [0.717, 1.165) is 12.8 Å². The van der Waals surface area contributed by atoms with E-state index in [0.29, 0.717) is 12.4 Å². The number of halogens is 1. The Morgan fingerprint density at radius 2 is 2.47 bits per heavy atom. The molecular formula is C8H12ClN3O2S. The summed E-state index contributed by atoms with van der Waals surface area (Å²) >= 11 is 5.74. The van der Waals surface area contributed by atoms with Crippen LogP contribution in [0.2, 0.25) is 0 Å². The topological polar surface area (TPSA) is 66.1 Å². The molecule has 0 bridgehead atoms. The van der Waals surface area contributed by atoms with Gasteiger partial charge in [0.25, 0.3) is 10.0 Å². The molecule has 0 spiro atoms. The smallest absolute Gasteiger partial charge is 0.260 e. The summed E-state index contributed by atoms with van der Waals surface area (Å²) in [6.07, 6.45) is 3.13. The first-order valence-corrected chi connectivity index (χ1v) is 6.71. The fourth-order valence-corrected chi connectivity index (χ4v) is 3.79. The summed E-state index contributed by atoms with van der Waals surface area (Å²) in [6, 6.07) is 1.37. The molecule has 1 aromatic heterocycles. The highest BCUT2D eigenvalue weighted by Crippen LogP contribution is 2.25. The molecule has 1 aromatic rings. The summed E-state index contributed by atoms with van der Waals surface area (Å²) < 4.78 is 25.6. The minimum atomic E-state index is -3.43. The van der Waals surface area contributed by atoms with E-state index >= 15 is 0 Å². The van der Waals surface area contributed by atoms with Gasteiger partial charge in [-0.3, -0.25) is 5.10 Å². The van der Waals surface area contributed by atoms with Crippen molar-refractivity contribution in [2.24, 2.45) is 0 Å². The molecule has 2 heterocycles. The third kappa shape index (κ3) is 1.89. The van der Waals surface area contributed by atoms with Crippen molar-refractivity contribution in [3.63, 3.8) is 0 Å². The van der Waals surface area contributed by atoms with Crippen LogP contribution in [-0.4, -0.2) is 41.4 Å². The molecule has 1 unspecified atom stereocenters. The van der Waals surface area contributed by atoms with Crippen LogP contribution in [-0.2, 0) is 10.0 Å². The second-order valence-electron chi connectivity index (χ2n) is 3.49. The lowest BCUT2D eigenvalue weighted by molar-refractivity contribution is 0.409. The summed E-state index contributed by atoms with van der Waals surface area (Å²) in [7, 11) is -3.43. The van der Waals surface area contributed by atoms with E-state index in [1.165, 1.54) is 16.6 Å². The summed E-state index contributed by atoms with van der Waals surface area (Å²) in [5.74, 6) is 0.341. The Hall–Kier alpha value is -0.590. The number of rotatable bonds is 3. The number of hydrogen-bond acceptors (Lipinski definition) is 3. The maximum Gasteiger partial charge on any atom is 0.260 e. The van der Waals surface area contributed by atoms with Gasteiger partial charge in [0.15, 0.2) is 5.03 Å². The molecule has 1 saturated heterocycles. The van der Waals surface area contributed by atoms with Crippen molar-refractivity contribution in [2.75, 3.05) is 12.4 Å². The molecule has 1 aliphatic heterocycles. The maximum atomic E-state index is 12.1. The molecule has 15 heavy (non-hydrogen) atoms. The second-order valence-corrected chi connectivity index (χ2v) is 5.65. The van der Waals surface area contributed by atoms with Gasteiger partial charge < -0.3 is 0 Å². The van der Waals surface area contributed by atoms with Gasteiger partial charge in [-0.2, -0.15) is 9.40 Å². The van der Waals surface area contributed by atoms with E-state index in [1.54, 1.807) is 0 Å². The molecule has 2 rings (SSSR count). The van der Waals surface area contributed by atoms with E-state index in [-0.39, 0.29) is 11.1 Å². The van der Waals surface area contributed by atoms with Crippen LogP contribution in [0, 0.1) is 0 Å². The largest absolute Gasteiger partial charge is 0.266 e. The van der Waals surface area contributed by atoms with Gasteiger partial charge in [0.1, 0.15) is 0 Å². The van der Waals surface area contributed by atoms with Crippen LogP contribution in [0.5, 0.6) is 0 Å². The zero-order chi connectivity index (χ0) is 10.9. The zero-order valence-electron chi connectivity index (χ0n) is 8.06. The molecule has 0 aromatic carbocycles. The van der Waals surface area contributed by atoms with E-state index < -0.39 is 10.0 Å². The van der Waals surface area contributed by atoms with Gasteiger partial charge in [0.2, 0.25) is 0 Å².